The van der Waals surface area contributed by atoms with Crippen LogP contribution >= 0.6 is 0 Å². The number of aliphatic hydroxyl groups is 1. The van der Waals surface area contributed by atoms with Gasteiger partial charge in [-0.15, -0.1) is 0 Å². The first-order chi connectivity index (χ1) is 9.23. The molecule has 0 aliphatic heterocycles. The van der Waals surface area contributed by atoms with E-state index in [1.807, 2.05) is 0 Å². The molecule has 104 valence electrons. The van der Waals surface area contributed by atoms with E-state index >= 15 is 0 Å². The minimum atomic E-state index is -0.385. The molecule has 0 heterocycles. The molecule has 1 nitrogen and oxygen atoms in total. The van der Waals surface area contributed by atoms with Gasteiger partial charge in [0.2, 0.25) is 0 Å². The van der Waals surface area contributed by atoms with Crippen molar-refractivity contribution in [3.05, 3.63) is 35.4 Å². The van der Waals surface area contributed by atoms with Crippen LogP contribution in [0, 0.1) is 5.92 Å². The summed E-state index contributed by atoms with van der Waals surface area (Å²) in [6.07, 6.45) is 9.34. The van der Waals surface area contributed by atoms with Gasteiger partial charge in [-0.25, -0.2) is 0 Å². The summed E-state index contributed by atoms with van der Waals surface area (Å²) in [6.45, 7) is 2.23. The van der Waals surface area contributed by atoms with Crippen LogP contribution in [0.15, 0.2) is 24.3 Å². The lowest BCUT2D eigenvalue weighted by atomic mass is 9.73. The summed E-state index contributed by atoms with van der Waals surface area (Å²) in [5.74, 6) is 1.11. The van der Waals surface area contributed by atoms with E-state index in [0.717, 1.165) is 19.3 Å². The van der Waals surface area contributed by atoms with E-state index in [9.17, 15) is 5.11 Å². The highest BCUT2D eigenvalue weighted by Crippen LogP contribution is 2.46. The minimum absolute atomic E-state index is 0.385. The van der Waals surface area contributed by atoms with Crippen molar-refractivity contribution in [2.75, 3.05) is 0 Å². The van der Waals surface area contributed by atoms with Crippen LogP contribution in [0.1, 0.15) is 68.9 Å². The molecule has 3 unspecified atom stereocenters. The van der Waals surface area contributed by atoms with Crippen molar-refractivity contribution in [3.8, 4) is 0 Å². The fourth-order valence-corrected chi connectivity index (χ4v) is 4.47. The molecule has 0 aromatic heterocycles. The van der Waals surface area contributed by atoms with Crippen molar-refractivity contribution in [2.45, 2.75) is 69.8 Å². The second kappa shape index (κ2) is 5.28. The zero-order valence-electron chi connectivity index (χ0n) is 12.1. The zero-order chi connectivity index (χ0) is 13.3. The zero-order valence-corrected chi connectivity index (χ0v) is 12.1. The summed E-state index contributed by atoms with van der Waals surface area (Å²) in [4.78, 5) is 0. The molecule has 0 amide bonds. The summed E-state index contributed by atoms with van der Waals surface area (Å²) < 4.78 is 0. The Morgan fingerprint density at radius 3 is 2.89 bits per heavy atom. The van der Waals surface area contributed by atoms with E-state index in [1.54, 1.807) is 0 Å². The largest absolute Gasteiger partial charge is 0.390 e. The van der Waals surface area contributed by atoms with Crippen molar-refractivity contribution in [2.24, 2.45) is 5.92 Å². The predicted molar refractivity (Wildman–Crippen MR) is 79.3 cm³/mol. The number of hydrogen-bond acceptors (Lipinski definition) is 1. The third kappa shape index (κ3) is 2.45. The summed E-state index contributed by atoms with van der Waals surface area (Å²) in [6, 6.07) is 8.88. The summed E-state index contributed by atoms with van der Waals surface area (Å²) in [7, 11) is 0. The molecule has 3 rings (SSSR count). The van der Waals surface area contributed by atoms with Gasteiger partial charge in [0, 0.05) is 0 Å². The Bertz CT molecular complexity index is 439. The molecule has 1 N–H and O–H groups in total. The van der Waals surface area contributed by atoms with Gasteiger partial charge < -0.3 is 5.11 Å². The normalized spacial score (nSPS) is 34.2. The van der Waals surface area contributed by atoms with Crippen LogP contribution in [0.5, 0.6) is 0 Å². The average molecular weight is 258 g/mol. The molecule has 1 aromatic rings. The first-order valence-corrected chi connectivity index (χ1v) is 8.03. The van der Waals surface area contributed by atoms with Gasteiger partial charge >= 0.3 is 0 Å². The third-order valence-corrected chi connectivity index (χ3v) is 5.51. The van der Waals surface area contributed by atoms with Crippen LogP contribution < -0.4 is 0 Å². The first kappa shape index (κ1) is 13.2. The van der Waals surface area contributed by atoms with Crippen LogP contribution in [0.25, 0.3) is 0 Å². The summed E-state index contributed by atoms with van der Waals surface area (Å²) in [5.41, 5.74) is 2.65. The molecule has 2 aliphatic carbocycles. The maximum atomic E-state index is 11.0. The number of fused-ring (bicyclic) bond motifs is 1. The quantitative estimate of drug-likeness (QED) is 0.850. The lowest BCUT2D eigenvalue weighted by molar-refractivity contribution is -0.0144. The van der Waals surface area contributed by atoms with E-state index in [1.165, 1.54) is 43.2 Å². The second-order valence-corrected chi connectivity index (χ2v) is 6.59. The van der Waals surface area contributed by atoms with Crippen molar-refractivity contribution in [1.29, 1.82) is 0 Å². The first-order valence-electron chi connectivity index (χ1n) is 8.03. The van der Waals surface area contributed by atoms with Crippen LogP contribution in [-0.2, 0) is 6.42 Å². The Morgan fingerprint density at radius 1 is 1.21 bits per heavy atom. The van der Waals surface area contributed by atoms with Crippen LogP contribution in [0.3, 0.4) is 0 Å². The standard InChI is InChI=1S/C18H26O/c1-2-16-10-6-12-18(16,19)13-15-9-5-8-14-7-3-4-11-17(14)15/h3-4,7,11,15-16,19H,2,5-6,8-10,12-13H2,1H3. The Hall–Kier alpha value is -0.820. The SMILES string of the molecule is CCC1CCCC1(O)CC1CCCc2ccccc21. The summed E-state index contributed by atoms with van der Waals surface area (Å²) >= 11 is 0. The highest BCUT2D eigenvalue weighted by Gasteiger charge is 2.42. The van der Waals surface area contributed by atoms with E-state index < -0.39 is 0 Å². The van der Waals surface area contributed by atoms with E-state index in [4.69, 9.17) is 0 Å². The molecule has 2 aliphatic rings. The fourth-order valence-electron chi connectivity index (χ4n) is 4.47. The maximum absolute atomic E-state index is 11.0. The Kier molecular flexibility index (Phi) is 3.66. The molecule has 0 radical (unpaired) electrons. The van der Waals surface area contributed by atoms with Crippen molar-refractivity contribution < 1.29 is 5.11 Å². The Labute approximate surface area is 117 Å². The molecule has 1 fully saturated rings. The molecule has 0 saturated heterocycles. The Balaban J connectivity index is 1.81. The second-order valence-electron chi connectivity index (χ2n) is 6.59. The molecule has 1 saturated carbocycles. The van der Waals surface area contributed by atoms with Crippen molar-refractivity contribution >= 4 is 0 Å². The smallest absolute Gasteiger partial charge is 0.0681 e. The van der Waals surface area contributed by atoms with Gasteiger partial charge in [-0.1, -0.05) is 44.0 Å². The highest BCUT2D eigenvalue weighted by molar-refractivity contribution is 5.33. The van der Waals surface area contributed by atoms with Gasteiger partial charge in [-0.3, -0.25) is 0 Å². The van der Waals surface area contributed by atoms with Gasteiger partial charge in [0.1, 0.15) is 0 Å². The number of hydrogen-bond donors (Lipinski definition) is 1. The molecule has 3 atom stereocenters. The van der Waals surface area contributed by atoms with Gasteiger partial charge in [-0.2, -0.15) is 0 Å². The van der Waals surface area contributed by atoms with Crippen LogP contribution in [-0.4, -0.2) is 10.7 Å². The molecular formula is C18H26O. The molecular weight excluding hydrogens is 232 g/mol. The third-order valence-electron chi connectivity index (χ3n) is 5.51. The lowest BCUT2D eigenvalue weighted by Crippen LogP contribution is -2.35. The van der Waals surface area contributed by atoms with Gasteiger partial charge in [0.15, 0.2) is 0 Å². The van der Waals surface area contributed by atoms with Crippen LogP contribution in [0.2, 0.25) is 0 Å². The number of rotatable bonds is 3. The topological polar surface area (TPSA) is 20.2 Å². The minimum Gasteiger partial charge on any atom is -0.390 e. The molecule has 19 heavy (non-hydrogen) atoms. The highest BCUT2D eigenvalue weighted by atomic mass is 16.3. The van der Waals surface area contributed by atoms with Crippen molar-refractivity contribution in [1.82, 2.24) is 0 Å². The van der Waals surface area contributed by atoms with Gasteiger partial charge in [0.05, 0.1) is 5.60 Å². The molecule has 0 bridgehead atoms. The average Bonchev–Trinajstić information content (AvgIpc) is 2.80. The molecule has 1 aromatic carbocycles. The molecule has 1 heteroatoms. The maximum Gasteiger partial charge on any atom is 0.0681 e. The van der Waals surface area contributed by atoms with E-state index in [-0.39, 0.29) is 5.60 Å². The van der Waals surface area contributed by atoms with Gasteiger partial charge in [-0.05, 0) is 61.5 Å². The Morgan fingerprint density at radius 2 is 2.05 bits per heavy atom. The van der Waals surface area contributed by atoms with Crippen LogP contribution in [0.4, 0.5) is 0 Å². The summed E-state index contributed by atoms with van der Waals surface area (Å²) in [5, 5.41) is 11.0. The molecule has 0 spiro atoms. The van der Waals surface area contributed by atoms with Gasteiger partial charge in [0.25, 0.3) is 0 Å². The van der Waals surface area contributed by atoms with E-state index in [0.29, 0.717) is 11.8 Å². The van der Waals surface area contributed by atoms with E-state index in [2.05, 4.69) is 31.2 Å². The fraction of sp³-hybridized carbons (Fsp3) is 0.667. The predicted octanol–water partition coefficient (Wildman–Crippen LogP) is 4.44. The lowest BCUT2D eigenvalue weighted by Gasteiger charge is -2.36. The number of aryl methyl sites for hydroxylation is 1. The number of benzene rings is 1. The monoisotopic (exact) mass is 258 g/mol. The van der Waals surface area contributed by atoms with Crippen molar-refractivity contribution in [3.63, 3.8) is 0 Å².